The SMILES string of the molecule is O=C(O)c1c(NS(=O)(=O)c2ccc(Br)cc2F)ccc2c1CCCC2. The van der Waals surface area contributed by atoms with E-state index in [0.717, 1.165) is 37.0 Å². The molecule has 1 aliphatic carbocycles. The van der Waals surface area contributed by atoms with Crippen LogP contribution in [0.25, 0.3) is 0 Å². The summed E-state index contributed by atoms with van der Waals surface area (Å²) in [5.74, 6) is -2.12. The molecular formula is C17H15BrFNO4S. The van der Waals surface area contributed by atoms with Crippen molar-refractivity contribution in [2.24, 2.45) is 0 Å². The largest absolute Gasteiger partial charge is 0.478 e. The van der Waals surface area contributed by atoms with Crippen molar-refractivity contribution < 1.29 is 22.7 Å². The van der Waals surface area contributed by atoms with Crippen LogP contribution in [0.4, 0.5) is 10.1 Å². The lowest BCUT2D eigenvalue weighted by Crippen LogP contribution is -2.19. The molecule has 0 amide bonds. The summed E-state index contributed by atoms with van der Waals surface area (Å²) in [6.45, 7) is 0. The second-order valence-electron chi connectivity index (χ2n) is 5.82. The number of sulfonamides is 1. The van der Waals surface area contributed by atoms with E-state index in [-0.39, 0.29) is 11.3 Å². The Balaban J connectivity index is 2.07. The lowest BCUT2D eigenvalue weighted by molar-refractivity contribution is 0.0696. The van der Waals surface area contributed by atoms with Crippen LogP contribution in [0.3, 0.4) is 0 Å². The van der Waals surface area contributed by atoms with Crippen LogP contribution in [-0.4, -0.2) is 19.5 Å². The minimum Gasteiger partial charge on any atom is -0.478 e. The molecule has 0 unspecified atom stereocenters. The molecule has 0 radical (unpaired) electrons. The first-order valence-corrected chi connectivity index (χ1v) is 9.93. The van der Waals surface area contributed by atoms with Gasteiger partial charge in [0.2, 0.25) is 0 Å². The molecule has 0 atom stereocenters. The topological polar surface area (TPSA) is 83.5 Å². The Kier molecular flexibility index (Phi) is 4.83. The van der Waals surface area contributed by atoms with Gasteiger partial charge in [0.25, 0.3) is 10.0 Å². The highest BCUT2D eigenvalue weighted by atomic mass is 79.9. The number of carboxylic acid groups (broad SMARTS) is 1. The highest BCUT2D eigenvalue weighted by Gasteiger charge is 2.26. The van der Waals surface area contributed by atoms with Crippen LogP contribution in [0.5, 0.6) is 0 Å². The van der Waals surface area contributed by atoms with E-state index in [4.69, 9.17) is 0 Å². The minimum absolute atomic E-state index is 0.0459. The van der Waals surface area contributed by atoms with Gasteiger partial charge >= 0.3 is 5.97 Å². The van der Waals surface area contributed by atoms with Gasteiger partial charge in [0.05, 0.1) is 11.3 Å². The number of nitrogens with one attached hydrogen (secondary N) is 1. The van der Waals surface area contributed by atoms with Crippen LogP contribution in [-0.2, 0) is 22.9 Å². The van der Waals surface area contributed by atoms with E-state index in [2.05, 4.69) is 20.7 Å². The average molecular weight is 428 g/mol. The van der Waals surface area contributed by atoms with E-state index in [0.29, 0.717) is 16.5 Å². The highest BCUT2D eigenvalue weighted by Crippen LogP contribution is 2.31. The second-order valence-corrected chi connectivity index (χ2v) is 8.38. The zero-order chi connectivity index (χ0) is 18.2. The molecule has 5 nitrogen and oxygen atoms in total. The van der Waals surface area contributed by atoms with E-state index in [9.17, 15) is 22.7 Å². The normalized spacial score (nSPS) is 14.0. The molecule has 8 heteroatoms. The van der Waals surface area contributed by atoms with E-state index in [1.807, 2.05) is 0 Å². The number of carboxylic acids is 1. The van der Waals surface area contributed by atoms with Gasteiger partial charge < -0.3 is 5.11 Å². The third-order valence-electron chi connectivity index (χ3n) is 4.17. The van der Waals surface area contributed by atoms with Crippen molar-refractivity contribution in [2.75, 3.05) is 4.72 Å². The lowest BCUT2D eigenvalue weighted by Gasteiger charge is -2.21. The smallest absolute Gasteiger partial charge is 0.338 e. The Labute approximate surface area is 153 Å². The molecule has 3 rings (SSSR count). The van der Waals surface area contributed by atoms with Gasteiger partial charge in [-0.2, -0.15) is 0 Å². The number of fused-ring (bicyclic) bond motifs is 1. The molecule has 132 valence electrons. The molecule has 2 aromatic carbocycles. The van der Waals surface area contributed by atoms with Crippen molar-refractivity contribution in [3.63, 3.8) is 0 Å². The monoisotopic (exact) mass is 427 g/mol. The van der Waals surface area contributed by atoms with Crippen LogP contribution < -0.4 is 4.72 Å². The number of aryl methyl sites for hydroxylation is 1. The summed E-state index contributed by atoms with van der Waals surface area (Å²) in [7, 11) is -4.25. The molecule has 0 aromatic heterocycles. The van der Waals surface area contributed by atoms with Gasteiger partial charge in [-0.05, 0) is 61.1 Å². The first-order chi connectivity index (χ1) is 11.8. The number of hydrogen-bond acceptors (Lipinski definition) is 3. The van der Waals surface area contributed by atoms with E-state index in [1.165, 1.54) is 12.1 Å². The predicted molar refractivity (Wildman–Crippen MR) is 95.0 cm³/mol. The average Bonchev–Trinajstić information content (AvgIpc) is 2.53. The fourth-order valence-electron chi connectivity index (χ4n) is 3.05. The maximum atomic E-state index is 14.0. The second kappa shape index (κ2) is 6.76. The number of anilines is 1. The fourth-order valence-corrected chi connectivity index (χ4v) is 4.52. The first kappa shape index (κ1) is 17.9. The zero-order valence-electron chi connectivity index (χ0n) is 13.1. The summed E-state index contributed by atoms with van der Waals surface area (Å²) in [6, 6.07) is 6.74. The molecule has 25 heavy (non-hydrogen) atoms. The molecule has 0 aliphatic heterocycles. The minimum atomic E-state index is -4.25. The van der Waals surface area contributed by atoms with E-state index < -0.39 is 26.7 Å². The summed E-state index contributed by atoms with van der Waals surface area (Å²) in [6.07, 6.45) is 3.18. The Morgan fingerprint density at radius 2 is 1.88 bits per heavy atom. The van der Waals surface area contributed by atoms with Crippen LogP contribution in [0.1, 0.15) is 34.3 Å². The molecule has 1 aliphatic rings. The molecule has 0 fully saturated rings. The molecule has 0 saturated heterocycles. The summed E-state index contributed by atoms with van der Waals surface area (Å²) in [5.41, 5.74) is 1.46. The third-order valence-corrected chi connectivity index (χ3v) is 6.07. The van der Waals surface area contributed by atoms with Gasteiger partial charge in [-0.25, -0.2) is 17.6 Å². The molecular weight excluding hydrogens is 413 g/mol. The number of halogens is 2. The van der Waals surface area contributed by atoms with Crippen molar-refractivity contribution in [2.45, 2.75) is 30.6 Å². The zero-order valence-corrected chi connectivity index (χ0v) is 15.5. The first-order valence-electron chi connectivity index (χ1n) is 7.65. The van der Waals surface area contributed by atoms with Gasteiger partial charge in [0.15, 0.2) is 0 Å². The lowest BCUT2D eigenvalue weighted by atomic mass is 9.87. The van der Waals surface area contributed by atoms with Gasteiger partial charge in [0, 0.05) is 4.47 Å². The summed E-state index contributed by atoms with van der Waals surface area (Å²) < 4.78 is 41.7. The third kappa shape index (κ3) is 3.55. The predicted octanol–water partition coefficient (Wildman–Crippen LogP) is 3.97. The van der Waals surface area contributed by atoms with Crippen LogP contribution in [0.2, 0.25) is 0 Å². The number of aromatic carboxylic acids is 1. The fraction of sp³-hybridized carbons (Fsp3) is 0.235. The number of carbonyl (C=O) groups is 1. The number of benzene rings is 2. The Bertz CT molecular complexity index is 959. The van der Waals surface area contributed by atoms with Gasteiger partial charge in [-0.3, -0.25) is 4.72 Å². The Morgan fingerprint density at radius 1 is 1.16 bits per heavy atom. The summed E-state index contributed by atoms with van der Waals surface area (Å²) >= 11 is 3.07. The van der Waals surface area contributed by atoms with E-state index >= 15 is 0 Å². The van der Waals surface area contributed by atoms with Crippen LogP contribution in [0, 0.1) is 5.82 Å². The van der Waals surface area contributed by atoms with Gasteiger partial charge in [0.1, 0.15) is 10.7 Å². The Morgan fingerprint density at radius 3 is 2.56 bits per heavy atom. The van der Waals surface area contributed by atoms with E-state index in [1.54, 1.807) is 6.07 Å². The van der Waals surface area contributed by atoms with Gasteiger partial charge in [-0.15, -0.1) is 0 Å². The van der Waals surface area contributed by atoms with Crippen molar-refractivity contribution in [3.05, 3.63) is 57.3 Å². The summed E-state index contributed by atoms with van der Waals surface area (Å²) in [5, 5.41) is 9.56. The quantitative estimate of drug-likeness (QED) is 0.772. The highest BCUT2D eigenvalue weighted by molar-refractivity contribution is 9.10. The van der Waals surface area contributed by atoms with Gasteiger partial charge in [-0.1, -0.05) is 22.0 Å². The standard InChI is InChI=1S/C17H15BrFNO4S/c18-11-6-8-15(13(19)9-11)25(23,24)20-14-7-5-10-3-1-2-4-12(10)16(14)17(21)22/h5-9,20H,1-4H2,(H,21,22). The van der Waals surface area contributed by atoms with Crippen molar-refractivity contribution in [3.8, 4) is 0 Å². The molecule has 0 saturated carbocycles. The van der Waals surface area contributed by atoms with Crippen molar-refractivity contribution >= 4 is 37.6 Å². The summed E-state index contributed by atoms with van der Waals surface area (Å²) in [4.78, 5) is 11.2. The van der Waals surface area contributed by atoms with Crippen molar-refractivity contribution in [1.29, 1.82) is 0 Å². The molecule has 2 N–H and O–H groups in total. The number of hydrogen-bond donors (Lipinski definition) is 2. The van der Waals surface area contributed by atoms with Crippen molar-refractivity contribution in [1.82, 2.24) is 0 Å². The maximum Gasteiger partial charge on any atom is 0.338 e. The Hall–Kier alpha value is -1.93. The number of rotatable bonds is 4. The van der Waals surface area contributed by atoms with Crippen LogP contribution >= 0.6 is 15.9 Å². The maximum absolute atomic E-state index is 14.0. The molecule has 0 heterocycles. The molecule has 0 spiro atoms. The molecule has 2 aromatic rings. The van der Waals surface area contributed by atoms with Crippen LogP contribution in [0.15, 0.2) is 39.7 Å². The molecule has 0 bridgehead atoms.